The maximum Gasteiger partial charge on any atom is 0.402 e. The van der Waals surface area contributed by atoms with Crippen LogP contribution in [0.3, 0.4) is 0 Å². The molecule has 0 aromatic heterocycles. The number of hydrogen-bond acceptors (Lipinski definition) is 3. The van der Waals surface area contributed by atoms with Crippen molar-refractivity contribution in [2.24, 2.45) is 5.73 Å². The van der Waals surface area contributed by atoms with Gasteiger partial charge in [0.2, 0.25) is 10.0 Å². The van der Waals surface area contributed by atoms with Gasteiger partial charge >= 0.3 is 6.18 Å². The van der Waals surface area contributed by atoms with E-state index in [1.54, 1.807) is 6.92 Å². The molecule has 0 fully saturated rings. The van der Waals surface area contributed by atoms with Gasteiger partial charge < -0.3 is 5.73 Å². The SMILES string of the molecule is CCCCS(=O)(=O)N(CCN)CC(F)(F)F. The Bertz CT molecular complexity index is 290. The highest BCUT2D eigenvalue weighted by Crippen LogP contribution is 2.18. The second-order valence-electron chi connectivity index (χ2n) is 3.41. The molecule has 0 spiro atoms. The van der Waals surface area contributed by atoms with Crippen LogP contribution in [0.25, 0.3) is 0 Å². The topological polar surface area (TPSA) is 63.4 Å². The molecule has 4 nitrogen and oxygen atoms in total. The van der Waals surface area contributed by atoms with E-state index in [0.717, 1.165) is 0 Å². The first-order valence-corrected chi connectivity index (χ1v) is 6.58. The van der Waals surface area contributed by atoms with E-state index in [-0.39, 0.29) is 18.8 Å². The lowest BCUT2D eigenvalue weighted by atomic mass is 10.4. The Labute approximate surface area is 93.7 Å². The summed E-state index contributed by atoms with van der Waals surface area (Å²) >= 11 is 0. The van der Waals surface area contributed by atoms with Gasteiger partial charge in [-0.25, -0.2) is 8.42 Å². The Morgan fingerprint density at radius 2 is 1.88 bits per heavy atom. The lowest BCUT2D eigenvalue weighted by Crippen LogP contribution is -2.42. The predicted molar refractivity (Wildman–Crippen MR) is 55.4 cm³/mol. The normalized spacial score (nSPS) is 13.4. The number of hydrogen-bond donors (Lipinski definition) is 1. The molecule has 0 rings (SSSR count). The zero-order valence-corrected chi connectivity index (χ0v) is 9.94. The van der Waals surface area contributed by atoms with E-state index in [4.69, 9.17) is 5.73 Å². The van der Waals surface area contributed by atoms with E-state index in [9.17, 15) is 21.6 Å². The Hall–Kier alpha value is -0.340. The maximum atomic E-state index is 12.1. The van der Waals surface area contributed by atoms with Gasteiger partial charge in [-0.1, -0.05) is 13.3 Å². The quantitative estimate of drug-likeness (QED) is 0.742. The molecule has 0 radical (unpaired) electrons. The van der Waals surface area contributed by atoms with Crippen LogP contribution >= 0.6 is 0 Å². The van der Waals surface area contributed by atoms with Crippen molar-refractivity contribution in [3.05, 3.63) is 0 Å². The minimum Gasteiger partial charge on any atom is -0.329 e. The van der Waals surface area contributed by atoms with Crippen LogP contribution in [0.2, 0.25) is 0 Å². The van der Waals surface area contributed by atoms with E-state index in [1.165, 1.54) is 0 Å². The molecule has 16 heavy (non-hydrogen) atoms. The highest BCUT2D eigenvalue weighted by molar-refractivity contribution is 7.89. The highest BCUT2D eigenvalue weighted by Gasteiger charge is 2.35. The summed E-state index contributed by atoms with van der Waals surface area (Å²) in [4.78, 5) is 0. The lowest BCUT2D eigenvalue weighted by molar-refractivity contribution is -0.135. The number of nitrogens with two attached hydrogens (primary N) is 1. The van der Waals surface area contributed by atoms with Gasteiger partial charge in [-0.2, -0.15) is 17.5 Å². The molecular weight excluding hydrogens is 245 g/mol. The lowest BCUT2D eigenvalue weighted by Gasteiger charge is -2.22. The minimum absolute atomic E-state index is 0.124. The van der Waals surface area contributed by atoms with E-state index in [2.05, 4.69) is 0 Å². The van der Waals surface area contributed by atoms with Crippen molar-refractivity contribution >= 4 is 10.0 Å². The average Bonchev–Trinajstić information content (AvgIpc) is 2.12. The van der Waals surface area contributed by atoms with E-state index in [1.807, 2.05) is 0 Å². The number of sulfonamides is 1. The van der Waals surface area contributed by atoms with Crippen molar-refractivity contribution in [2.75, 3.05) is 25.4 Å². The molecule has 0 aromatic carbocycles. The van der Waals surface area contributed by atoms with Crippen molar-refractivity contribution in [3.8, 4) is 0 Å². The number of halogens is 3. The third kappa shape index (κ3) is 6.29. The number of nitrogens with zero attached hydrogens (tertiary/aromatic N) is 1. The van der Waals surface area contributed by atoms with E-state index in [0.29, 0.717) is 17.1 Å². The second kappa shape index (κ2) is 6.41. The van der Waals surface area contributed by atoms with Crippen LogP contribution in [0, 0.1) is 0 Å². The summed E-state index contributed by atoms with van der Waals surface area (Å²) in [5.41, 5.74) is 5.10. The van der Waals surface area contributed by atoms with Crippen LogP contribution in [-0.2, 0) is 10.0 Å². The van der Waals surface area contributed by atoms with Gasteiger partial charge in [0.15, 0.2) is 0 Å². The molecule has 8 heteroatoms. The molecule has 0 amide bonds. The highest BCUT2D eigenvalue weighted by atomic mass is 32.2. The summed E-state index contributed by atoms with van der Waals surface area (Å²) in [7, 11) is -3.85. The molecule has 0 unspecified atom stereocenters. The molecule has 98 valence electrons. The molecule has 0 saturated carbocycles. The van der Waals surface area contributed by atoms with E-state index < -0.39 is 22.7 Å². The summed E-state index contributed by atoms with van der Waals surface area (Å²) in [6, 6.07) is 0. The first-order valence-electron chi connectivity index (χ1n) is 4.97. The minimum atomic E-state index is -4.53. The molecular formula is C8H17F3N2O2S. The molecule has 0 aliphatic heterocycles. The van der Waals surface area contributed by atoms with Crippen molar-refractivity contribution < 1.29 is 21.6 Å². The summed E-state index contributed by atoms with van der Waals surface area (Å²) < 4.78 is 59.9. The molecule has 0 bridgehead atoms. The Balaban J connectivity index is 4.63. The molecule has 0 atom stereocenters. The summed E-state index contributed by atoms with van der Waals surface area (Å²) in [5, 5.41) is 0. The first kappa shape index (κ1) is 15.7. The van der Waals surface area contributed by atoms with Gasteiger partial charge in [0.25, 0.3) is 0 Å². The average molecular weight is 262 g/mol. The first-order chi connectivity index (χ1) is 7.23. The molecule has 0 aliphatic carbocycles. The largest absolute Gasteiger partial charge is 0.402 e. The Morgan fingerprint density at radius 1 is 1.31 bits per heavy atom. The molecule has 0 heterocycles. The van der Waals surface area contributed by atoms with Crippen molar-refractivity contribution in [2.45, 2.75) is 25.9 Å². The van der Waals surface area contributed by atoms with Crippen LogP contribution in [0.5, 0.6) is 0 Å². The maximum absolute atomic E-state index is 12.1. The fourth-order valence-corrected chi connectivity index (χ4v) is 2.75. The van der Waals surface area contributed by atoms with Gasteiger partial charge in [0.05, 0.1) is 5.75 Å². The number of alkyl halides is 3. The van der Waals surface area contributed by atoms with Gasteiger partial charge in [0, 0.05) is 13.1 Å². The fourth-order valence-electron chi connectivity index (χ4n) is 1.12. The molecule has 0 aliphatic rings. The molecule has 0 aromatic rings. The zero-order valence-electron chi connectivity index (χ0n) is 9.13. The summed E-state index contributed by atoms with van der Waals surface area (Å²) in [6.45, 7) is -0.115. The Kier molecular flexibility index (Phi) is 6.27. The van der Waals surface area contributed by atoms with Crippen LogP contribution in [0.1, 0.15) is 19.8 Å². The summed E-state index contributed by atoms with van der Waals surface area (Å²) in [5.74, 6) is -0.264. The van der Waals surface area contributed by atoms with Gasteiger partial charge in [-0.15, -0.1) is 0 Å². The van der Waals surface area contributed by atoms with Crippen LogP contribution in [0.4, 0.5) is 13.2 Å². The van der Waals surface area contributed by atoms with Gasteiger partial charge in [0.1, 0.15) is 6.54 Å². The van der Waals surface area contributed by atoms with Gasteiger partial charge in [-0.3, -0.25) is 0 Å². The number of rotatable bonds is 7. The van der Waals surface area contributed by atoms with E-state index >= 15 is 0 Å². The Morgan fingerprint density at radius 3 is 2.25 bits per heavy atom. The second-order valence-corrected chi connectivity index (χ2v) is 5.50. The third-order valence-corrected chi connectivity index (χ3v) is 3.79. The molecule has 0 saturated heterocycles. The molecule has 2 N–H and O–H groups in total. The number of unbranched alkanes of at least 4 members (excludes halogenated alkanes) is 1. The van der Waals surface area contributed by atoms with Crippen molar-refractivity contribution in [1.82, 2.24) is 4.31 Å². The van der Waals surface area contributed by atoms with Crippen molar-refractivity contribution in [3.63, 3.8) is 0 Å². The summed E-state index contributed by atoms with van der Waals surface area (Å²) in [6.07, 6.45) is -3.57. The van der Waals surface area contributed by atoms with Crippen LogP contribution in [-0.4, -0.2) is 44.3 Å². The standard InChI is InChI=1S/C8H17F3N2O2S/c1-2-3-6-16(14,15)13(5-4-12)7-8(9,10)11/h2-7,12H2,1H3. The third-order valence-electron chi connectivity index (χ3n) is 1.88. The van der Waals surface area contributed by atoms with Crippen molar-refractivity contribution in [1.29, 1.82) is 0 Å². The van der Waals surface area contributed by atoms with Gasteiger partial charge in [-0.05, 0) is 6.42 Å². The smallest absolute Gasteiger partial charge is 0.329 e. The predicted octanol–water partition coefficient (Wildman–Crippen LogP) is 0.939. The van der Waals surface area contributed by atoms with Crippen LogP contribution < -0.4 is 5.73 Å². The zero-order chi connectivity index (χ0) is 12.8. The fraction of sp³-hybridized carbons (Fsp3) is 1.00. The monoisotopic (exact) mass is 262 g/mol. The van der Waals surface area contributed by atoms with Crippen LogP contribution in [0.15, 0.2) is 0 Å².